The standard InChI is InChI=1S/C14H17FN2/c15-12-4-5-13-11(7-16)9-17(14(13)6-12)8-10-2-1-3-10/h4-6,9-10H,1-3,7-8,16H2. The van der Waals surface area contributed by atoms with E-state index in [-0.39, 0.29) is 5.82 Å². The molecule has 0 radical (unpaired) electrons. The van der Waals surface area contributed by atoms with Gasteiger partial charge in [0.1, 0.15) is 5.82 Å². The SMILES string of the molecule is NCc1cn(CC2CCC2)c2cc(F)ccc12. The molecule has 0 amide bonds. The molecule has 2 N–H and O–H groups in total. The molecule has 0 bridgehead atoms. The number of hydrogen-bond donors (Lipinski definition) is 1. The molecule has 0 spiro atoms. The zero-order valence-corrected chi connectivity index (χ0v) is 9.82. The molecule has 1 fully saturated rings. The lowest BCUT2D eigenvalue weighted by atomic mass is 9.85. The average Bonchev–Trinajstić information content (AvgIpc) is 2.61. The molecule has 90 valence electrons. The lowest BCUT2D eigenvalue weighted by Gasteiger charge is -2.26. The van der Waals surface area contributed by atoms with Gasteiger partial charge >= 0.3 is 0 Å². The molecule has 0 saturated heterocycles. The number of nitrogens with zero attached hydrogens (tertiary/aromatic N) is 1. The maximum atomic E-state index is 13.3. The smallest absolute Gasteiger partial charge is 0.125 e. The lowest BCUT2D eigenvalue weighted by molar-refractivity contribution is 0.279. The van der Waals surface area contributed by atoms with Crippen LogP contribution in [-0.2, 0) is 13.1 Å². The van der Waals surface area contributed by atoms with E-state index in [1.165, 1.54) is 25.3 Å². The summed E-state index contributed by atoms with van der Waals surface area (Å²) >= 11 is 0. The van der Waals surface area contributed by atoms with Crippen molar-refractivity contribution < 1.29 is 4.39 Å². The minimum absolute atomic E-state index is 0.172. The van der Waals surface area contributed by atoms with Gasteiger partial charge in [-0.2, -0.15) is 0 Å². The van der Waals surface area contributed by atoms with Crippen molar-refractivity contribution in [2.45, 2.75) is 32.4 Å². The van der Waals surface area contributed by atoms with E-state index < -0.39 is 0 Å². The summed E-state index contributed by atoms with van der Waals surface area (Å²) in [6, 6.07) is 4.96. The number of aromatic nitrogens is 1. The number of halogens is 1. The number of benzene rings is 1. The lowest BCUT2D eigenvalue weighted by Crippen LogP contribution is -2.17. The summed E-state index contributed by atoms with van der Waals surface area (Å²) in [5, 5.41) is 1.09. The van der Waals surface area contributed by atoms with Gasteiger partial charge in [0.25, 0.3) is 0 Å². The Kier molecular flexibility index (Phi) is 2.63. The van der Waals surface area contributed by atoms with Crippen LogP contribution in [0.3, 0.4) is 0 Å². The fraction of sp³-hybridized carbons (Fsp3) is 0.429. The van der Waals surface area contributed by atoms with Crippen molar-refractivity contribution in [2.75, 3.05) is 0 Å². The predicted molar refractivity (Wildman–Crippen MR) is 67.1 cm³/mol. The number of fused-ring (bicyclic) bond motifs is 1. The maximum absolute atomic E-state index is 13.3. The molecule has 2 nitrogen and oxygen atoms in total. The molecule has 1 aromatic heterocycles. The Hall–Kier alpha value is -1.35. The van der Waals surface area contributed by atoms with Crippen molar-refractivity contribution >= 4 is 10.9 Å². The molecule has 2 aromatic rings. The van der Waals surface area contributed by atoms with E-state index in [4.69, 9.17) is 5.73 Å². The normalized spacial score (nSPS) is 16.4. The predicted octanol–water partition coefficient (Wildman–Crippen LogP) is 3.04. The van der Waals surface area contributed by atoms with Gasteiger partial charge in [-0.25, -0.2) is 4.39 Å². The highest BCUT2D eigenvalue weighted by Gasteiger charge is 2.19. The van der Waals surface area contributed by atoms with Crippen LogP contribution in [0.15, 0.2) is 24.4 Å². The maximum Gasteiger partial charge on any atom is 0.125 e. The largest absolute Gasteiger partial charge is 0.347 e. The van der Waals surface area contributed by atoms with Gasteiger partial charge in [-0.3, -0.25) is 0 Å². The first kappa shape index (κ1) is 10.8. The molecule has 3 rings (SSSR count). The first-order valence-corrected chi connectivity index (χ1v) is 6.25. The zero-order chi connectivity index (χ0) is 11.8. The molecule has 1 aliphatic rings. The number of nitrogens with two attached hydrogens (primary N) is 1. The molecule has 0 aliphatic heterocycles. The van der Waals surface area contributed by atoms with Crippen molar-refractivity contribution in [1.82, 2.24) is 4.57 Å². The Morgan fingerprint density at radius 3 is 2.82 bits per heavy atom. The minimum atomic E-state index is -0.172. The summed E-state index contributed by atoms with van der Waals surface area (Å²) < 4.78 is 15.5. The highest BCUT2D eigenvalue weighted by atomic mass is 19.1. The van der Waals surface area contributed by atoms with Crippen molar-refractivity contribution in [1.29, 1.82) is 0 Å². The summed E-state index contributed by atoms with van der Waals surface area (Å²) in [5.74, 6) is 0.591. The van der Waals surface area contributed by atoms with E-state index in [9.17, 15) is 4.39 Å². The summed E-state index contributed by atoms with van der Waals surface area (Å²) in [5.41, 5.74) is 7.83. The fourth-order valence-corrected chi connectivity index (χ4v) is 2.61. The fourth-order valence-electron chi connectivity index (χ4n) is 2.61. The van der Waals surface area contributed by atoms with Gasteiger partial charge in [0, 0.05) is 24.7 Å². The van der Waals surface area contributed by atoms with Gasteiger partial charge in [0.15, 0.2) is 0 Å². The molecule has 1 saturated carbocycles. The molecule has 1 aliphatic carbocycles. The molecule has 1 aromatic carbocycles. The number of hydrogen-bond acceptors (Lipinski definition) is 1. The quantitative estimate of drug-likeness (QED) is 0.866. The minimum Gasteiger partial charge on any atom is -0.347 e. The van der Waals surface area contributed by atoms with Crippen LogP contribution in [0.5, 0.6) is 0 Å². The monoisotopic (exact) mass is 232 g/mol. The average molecular weight is 232 g/mol. The first-order valence-electron chi connectivity index (χ1n) is 6.25. The third kappa shape index (κ3) is 1.84. The second kappa shape index (κ2) is 4.15. The second-order valence-electron chi connectivity index (χ2n) is 4.97. The molecule has 3 heteroatoms. The molecule has 17 heavy (non-hydrogen) atoms. The molecular formula is C14H17FN2. The Morgan fingerprint density at radius 2 is 2.18 bits per heavy atom. The molecule has 0 unspecified atom stereocenters. The van der Waals surface area contributed by atoms with Crippen LogP contribution in [0, 0.1) is 11.7 Å². The van der Waals surface area contributed by atoms with Crippen molar-refractivity contribution in [2.24, 2.45) is 11.7 Å². The second-order valence-corrected chi connectivity index (χ2v) is 4.97. The van der Waals surface area contributed by atoms with Gasteiger partial charge in [-0.15, -0.1) is 0 Å². The first-order chi connectivity index (χ1) is 8.28. The topological polar surface area (TPSA) is 30.9 Å². The Bertz CT molecular complexity index is 540. The van der Waals surface area contributed by atoms with Crippen LogP contribution in [0.1, 0.15) is 24.8 Å². The van der Waals surface area contributed by atoms with Gasteiger partial charge in [-0.05, 0) is 42.5 Å². The highest BCUT2D eigenvalue weighted by Crippen LogP contribution is 2.30. The van der Waals surface area contributed by atoms with Gasteiger partial charge < -0.3 is 10.3 Å². The van der Waals surface area contributed by atoms with E-state index >= 15 is 0 Å². The Balaban J connectivity index is 2.05. The summed E-state index contributed by atoms with van der Waals surface area (Å²) in [6.07, 6.45) is 6.02. The van der Waals surface area contributed by atoms with Crippen LogP contribution in [-0.4, -0.2) is 4.57 Å². The van der Waals surface area contributed by atoms with E-state index in [1.807, 2.05) is 6.07 Å². The Labute approximate surface area is 100 Å². The van der Waals surface area contributed by atoms with Crippen LogP contribution < -0.4 is 5.73 Å². The van der Waals surface area contributed by atoms with Crippen LogP contribution in [0.2, 0.25) is 0 Å². The summed E-state index contributed by atoms with van der Waals surface area (Å²) in [4.78, 5) is 0. The molecule has 0 atom stereocenters. The van der Waals surface area contributed by atoms with Gasteiger partial charge in [-0.1, -0.05) is 6.42 Å². The Morgan fingerprint density at radius 1 is 1.35 bits per heavy atom. The molecule has 1 heterocycles. The summed E-state index contributed by atoms with van der Waals surface area (Å²) in [7, 11) is 0. The van der Waals surface area contributed by atoms with E-state index in [1.54, 1.807) is 6.07 Å². The third-order valence-corrected chi connectivity index (χ3v) is 3.83. The van der Waals surface area contributed by atoms with Gasteiger partial charge in [0.2, 0.25) is 0 Å². The van der Waals surface area contributed by atoms with Crippen LogP contribution in [0.4, 0.5) is 4.39 Å². The van der Waals surface area contributed by atoms with Crippen molar-refractivity contribution in [3.63, 3.8) is 0 Å². The number of rotatable bonds is 3. The van der Waals surface area contributed by atoms with E-state index in [0.717, 1.165) is 28.9 Å². The van der Waals surface area contributed by atoms with E-state index in [0.29, 0.717) is 6.54 Å². The van der Waals surface area contributed by atoms with Crippen molar-refractivity contribution in [3.05, 3.63) is 35.8 Å². The zero-order valence-electron chi connectivity index (χ0n) is 9.82. The van der Waals surface area contributed by atoms with Crippen LogP contribution >= 0.6 is 0 Å². The third-order valence-electron chi connectivity index (χ3n) is 3.83. The molecular weight excluding hydrogens is 215 g/mol. The highest BCUT2D eigenvalue weighted by molar-refractivity contribution is 5.84. The van der Waals surface area contributed by atoms with E-state index in [2.05, 4.69) is 10.8 Å². The van der Waals surface area contributed by atoms with Crippen LogP contribution in [0.25, 0.3) is 10.9 Å². The summed E-state index contributed by atoms with van der Waals surface area (Å²) in [6.45, 7) is 1.51. The van der Waals surface area contributed by atoms with Gasteiger partial charge in [0.05, 0.1) is 5.52 Å². The van der Waals surface area contributed by atoms with Crippen molar-refractivity contribution in [3.8, 4) is 0 Å².